The summed E-state index contributed by atoms with van der Waals surface area (Å²) in [6.45, 7) is 1.85. The minimum absolute atomic E-state index is 0.223. The van der Waals surface area contributed by atoms with Crippen molar-refractivity contribution < 1.29 is 8.81 Å². The van der Waals surface area contributed by atoms with Crippen molar-refractivity contribution in [2.45, 2.75) is 6.42 Å². The zero-order valence-electron chi connectivity index (χ0n) is 8.79. The molecule has 0 fully saturated rings. The molecule has 2 nitrogen and oxygen atoms in total. The molecule has 0 spiro atoms. The molecule has 16 heavy (non-hydrogen) atoms. The van der Waals surface area contributed by atoms with Crippen LogP contribution in [0.3, 0.4) is 0 Å². The Morgan fingerprint density at radius 3 is 3.00 bits per heavy atom. The van der Waals surface area contributed by atoms with E-state index in [0.717, 1.165) is 36.2 Å². The van der Waals surface area contributed by atoms with Crippen molar-refractivity contribution >= 4 is 16.5 Å². The van der Waals surface area contributed by atoms with Gasteiger partial charge in [0.1, 0.15) is 17.2 Å². The summed E-state index contributed by atoms with van der Waals surface area (Å²) < 4.78 is 18.7. The Morgan fingerprint density at radius 2 is 2.19 bits per heavy atom. The van der Waals surface area contributed by atoms with E-state index in [1.165, 1.54) is 17.7 Å². The van der Waals surface area contributed by atoms with E-state index < -0.39 is 0 Å². The van der Waals surface area contributed by atoms with Gasteiger partial charge in [0, 0.05) is 11.9 Å². The average molecular weight is 217 g/mol. The van der Waals surface area contributed by atoms with Crippen molar-refractivity contribution in [2.75, 3.05) is 13.1 Å². The van der Waals surface area contributed by atoms with E-state index in [9.17, 15) is 4.39 Å². The molecule has 82 valence electrons. The maximum absolute atomic E-state index is 13.0. The highest BCUT2D eigenvalue weighted by Crippen LogP contribution is 2.27. The van der Waals surface area contributed by atoms with Gasteiger partial charge in [0.25, 0.3) is 0 Å². The monoisotopic (exact) mass is 217 g/mol. The van der Waals surface area contributed by atoms with Gasteiger partial charge in [-0.3, -0.25) is 0 Å². The Kier molecular flexibility index (Phi) is 2.26. The molecule has 0 saturated carbocycles. The van der Waals surface area contributed by atoms with Gasteiger partial charge in [-0.2, -0.15) is 0 Å². The van der Waals surface area contributed by atoms with Crippen LogP contribution in [0.25, 0.3) is 16.5 Å². The van der Waals surface area contributed by atoms with Crippen LogP contribution in [-0.4, -0.2) is 13.1 Å². The standard InChI is InChI=1S/C13H12FNO/c14-11-1-2-12-10(7-11)8-13(16-12)9-3-5-15-6-4-9/h1-3,7-8,15H,4-6H2. The molecule has 0 radical (unpaired) electrons. The van der Waals surface area contributed by atoms with E-state index in [2.05, 4.69) is 11.4 Å². The molecule has 2 aromatic rings. The molecule has 2 heterocycles. The lowest BCUT2D eigenvalue weighted by Crippen LogP contribution is -2.19. The first-order valence-corrected chi connectivity index (χ1v) is 5.42. The smallest absolute Gasteiger partial charge is 0.135 e. The minimum atomic E-state index is -0.223. The molecule has 1 aromatic carbocycles. The Labute approximate surface area is 92.8 Å². The lowest BCUT2D eigenvalue weighted by molar-refractivity contribution is 0.587. The first-order valence-electron chi connectivity index (χ1n) is 5.42. The summed E-state index contributed by atoms with van der Waals surface area (Å²) >= 11 is 0. The van der Waals surface area contributed by atoms with Gasteiger partial charge < -0.3 is 9.73 Å². The molecule has 1 aromatic heterocycles. The molecule has 0 amide bonds. The third kappa shape index (κ3) is 1.63. The Balaban J connectivity index is 2.07. The summed E-state index contributed by atoms with van der Waals surface area (Å²) in [6, 6.07) is 6.52. The molecule has 0 atom stereocenters. The topological polar surface area (TPSA) is 25.2 Å². The number of hydrogen-bond acceptors (Lipinski definition) is 2. The van der Waals surface area contributed by atoms with Crippen molar-refractivity contribution in [1.29, 1.82) is 0 Å². The Hall–Kier alpha value is -1.61. The highest BCUT2D eigenvalue weighted by Gasteiger charge is 2.11. The van der Waals surface area contributed by atoms with E-state index >= 15 is 0 Å². The lowest BCUT2D eigenvalue weighted by Gasteiger charge is -2.11. The summed E-state index contributed by atoms with van der Waals surface area (Å²) in [7, 11) is 0. The van der Waals surface area contributed by atoms with Gasteiger partial charge in [-0.25, -0.2) is 4.39 Å². The lowest BCUT2D eigenvalue weighted by atomic mass is 10.1. The quantitative estimate of drug-likeness (QED) is 0.794. The van der Waals surface area contributed by atoms with Gasteiger partial charge >= 0.3 is 0 Å². The van der Waals surface area contributed by atoms with Gasteiger partial charge in [0.2, 0.25) is 0 Å². The Morgan fingerprint density at radius 1 is 1.25 bits per heavy atom. The van der Waals surface area contributed by atoms with E-state index in [-0.39, 0.29) is 5.82 Å². The summed E-state index contributed by atoms with van der Waals surface area (Å²) in [5.41, 5.74) is 1.95. The van der Waals surface area contributed by atoms with Crippen LogP contribution in [-0.2, 0) is 0 Å². The molecular weight excluding hydrogens is 205 g/mol. The van der Waals surface area contributed by atoms with E-state index in [0.29, 0.717) is 0 Å². The third-order valence-corrected chi connectivity index (χ3v) is 2.86. The van der Waals surface area contributed by atoms with E-state index in [1.807, 2.05) is 6.07 Å². The number of furan rings is 1. The second-order valence-corrected chi connectivity index (χ2v) is 3.98. The van der Waals surface area contributed by atoms with Crippen molar-refractivity contribution in [3.05, 3.63) is 41.9 Å². The highest BCUT2D eigenvalue weighted by molar-refractivity contribution is 5.82. The van der Waals surface area contributed by atoms with Crippen LogP contribution in [0.5, 0.6) is 0 Å². The summed E-state index contributed by atoms with van der Waals surface area (Å²) in [4.78, 5) is 0. The van der Waals surface area contributed by atoms with Gasteiger partial charge in [-0.15, -0.1) is 0 Å². The fraction of sp³-hybridized carbons (Fsp3) is 0.231. The van der Waals surface area contributed by atoms with Crippen LogP contribution in [0.4, 0.5) is 4.39 Å². The van der Waals surface area contributed by atoms with Crippen molar-refractivity contribution in [3.63, 3.8) is 0 Å². The van der Waals surface area contributed by atoms with Gasteiger partial charge in [-0.1, -0.05) is 6.08 Å². The predicted molar refractivity (Wildman–Crippen MR) is 61.6 cm³/mol. The molecular formula is C13H12FNO. The number of benzene rings is 1. The van der Waals surface area contributed by atoms with E-state index in [4.69, 9.17) is 4.42 Å². The van der Waals surface area contributed by atoms with Crippen LogP contribution in [0, 0.1) is 5.82 Å². The number of hydrogen-bond donors (Lipinski definition) is 1. The molecule has 3 rings (SSSR count). The zero-order chi connectivity index (χ0) is 11.0. The molecule has 0 bridgehead atoms. The predicted octanol–water partition coefficient (Wildman–Crippen LogP) is 2.95. The second-order valence-electron chi connectivity index (χ2n) is 3.98. The molecule has 1 N–H and O–H groups in total. The second kappa shape index (κ2) is 3.76. The normalized spacial score (nSPS) is 16.4. The van der Waals surface area contributed by atoms with Crippen molar-refractivity contribution in [1.82, 2.24) is 5.32 Å². The zero-order valence-corrected chi connectivity index (χ0v) is 8.79. The fourth-order valence-electron chi connectivity index (χ4n) is 2.02. The highest BCUT2D eigenvalue weighted by atomic mass is 19.1. The molecule has 1 aliphatic rings. The van der Waals surface area contributed by atoms with Gasteiger partial charge in [0.05, 0.1) is 0 Å². The van der Waals surface area contributed by atoms with Crippen LogP contribution < -0.4 is 5.32 Å². The molecule has 3 heteroatoms. The first-order chi connectivity index (χ1) is 7.83. The van der Waals surface area contributed by atoms with Crippen LogP contribution >= 0.6 is 0 Å². The summed E-state index contributed by atoms with van der Waals surface area (Å²) in [5.74, 6) is 0.640. The fourth-order valence-corrected chi connectivity index (χ4v) is 2.02. The minimum Gasteiger partial charge on any atom is -0.456 e. The summed E-state index contributed by atoms with van der Waals surface area (Å²) in [5, 5.41) is 4.08. The third-order valence-electron chi connectivity index (χ3n) is 2.86. The summed E-state index contributed by atoms with van der Waals surface area (Å²) in [6.07, 6.45) is 3.08. The van der Waals surface area contributed by atoms with Crippen molar-refractivity contribution in [3.8, 4) is 0 Å². The maximum Gasteiger partial charge on any atom is 0.135 e. The number of halogens is 1. The van der Waals surface area contributed by atoms with Crippen LogP contribution in [0.2, 0.25) is 0 Å². The molecule has 0 unspecified atom stereocenters. The maximum atomic E-state index is 13.0. The largest absolute Gasteiger partial charge is 0.456 e. The van der Waals surface area contributed by atoms with Crippen molar-refractivity contribution in [2.24, 2.45) is 0 Å². The molecule has 0 saturated heterocycles. The Bertz CT molecular complexity index is 556. The number of nitrogens with one attached hydrogen (secondary N) is 1. The molecule has 1 aliphatic heterocycles. The number of fused-ring (bicyclic) bond motifs is 1. The van der Waals surface area contributed by atoms with Crippen LogP contribution in [0.1, 0.15) is 12.2 Å². The SMILES string of the molecule is Fc1ccc2oc(C3=CCNCC3)cc2c1. The average Bonchev–Trinajstić information content (AvgIpc) is 2.73. The van der Waals surface area contributed by atoms with Gasteiger partial charge in [-0.05, 0) is 42.8 Å². The van der Waals surface area contributed by atoms with Gasteiger partial charge in [0.15, 0.2) is 0 Å². The number of rotatable bonds is 1. The molecule has 0 aliphatic carbocycles. The van der Waals surface area contributed by atoms with Crippen LogP contribution in [0.15, 0.2) is 34.8 Å². The van der Waals surface area contributed by atoms with E-state index in [1.54, 1.807) is 6.07 Å². The first kappa shape index (κ1) is 9.60.